The lowest BCUT2D eigenvalue weighted by molar-refractivity contribution is 0.0472. The van der Waals surface area contributed by atoms with Gasteiger partial charge in [0.05, 0.1) is 5.41 Å². The molecule has 1 amide bonds. The minimum absolute atomic E-state index is 0.131. The Balaban J connectivity index is 2.22. The minimum Gasteiger partial charge on any atom is -0.444 e. The third kappa shape index (κ3) is 5.18. The van der Waals surface area contributed by atoms with Gasteiger partial charge in [-0.2, -0.15) is 0 Å². The third-order valence-electron chi connectivity index (χ3n) is 4.29. The smallest absolute Gasteiger partial charge is 0.408 e. The summed E-state index contributed by atoms with van der Waals surface area (Å²) >= 11 is 0. The van der Waals surface area contributed by atoms with Crippen molar-refractivity contribution in [1.29, 1.82) is 0 Å². The maximum atomic E-state index is 12.9. The van der Waals surface area contributed by atoms with Crippen LogP contribution in [-0.4, -0.2) is 33.7 Å². The lowest BCUT2D eigenvalue weighted by Gasteiger charge is -2.24. The number of aromatic nitrogens is 2. The fraction of sp³-hybridized carbons (Fsp3) is 0.524. The van der Waals surface area contributed by atoms with E-state index in [1.165, 1.54) is 0 Å². The number of Topliss-reactive ketones (excluding diaryl/α,β-unsaturated/α-hetero) is 1. The number of carbonyl (C=O) groups is 2. The second-order valence-electron chi connectivity index (χ2n) is 8.64. The summed E-state index contributed by atoms with van der Waals surface area (Å²) in [5, 5.41) is 10.6. The van der Waals surface area contributed by atoms with Crippen molar-refractivity contribution >= 4 is 11.9 Å². The van der Waals surface area contributed by atoms with Gasteiger partial charge in [-0.3, -0.25) is 4.79 Å². The van der Waals surface area contributed by atoms with Crippen LogP contribution < -0.4 is 5.32 Å². The molecule has 0 bridgehead atoms. The van der Waals surface area contributed by atoms with Crippen molar-refractivity contribution in [1.82, 2.24) is 15.5 Å². The van der Waals surface area contributed by atoms with E-state index in [4.69, 9.17) is 9.15 Å². The van der Waals surface area contributed by atoms with Crippen LogP contribution in [-0.2, 0) is 10.2 Å². The van der Waals surface area contributed by atoms with Gasteiger partial charge in [0.15, 0.2) is 0 Å². The van der Waals surface area contributed by atoms with Crippen molar-refractivity contribution in [2.24, 2.45) is 5.92 Å². The van der Waals surface area contributed by atoms with E-state index in [2.05, 4.69) is 15.5 Å². The predicted octanol–water partition coefficient (Wildman–Crippen LogP) is 4.13. The van der Waals surface area contributed by atoms with Crippen LogP contribution in [0.3, 0.4) is 0 Å². The molecular formula is C21H29N3O4. The van der Waals surface area contributed by atoms with Crippen LogP contribution in [0.2, 0.25) is 0 Å². The number of ether oxygens (including phenoxy) is 1. The molecule has 0 fully saturated rings. The molecule has 1 N–H and O–H groups in total. The van der Waals surface area contributed by atoms with Crippen molar-refractivity contribution in [3.8, 4) is 0 Å². The van der Waals surface area contributed by atoms with Crippen molar-refractivity contribution in [2.75, 3.05) is 0 Å². The standard InChI is InChI=1S/C21H29N3O4/c1-13(2)15(22-19(26)28-20(3,4)5)16(25)17-23-24-18(27-17)21(6,7)14-11-9-8-10-12-14/h8-13,15H,1-7H3,(H,22,26)/t15-/m0/s1. The van der Waals surface area contributed by atoms with Crippen molar-refractivity contribution < 1.29 is 18.7 Å². The zero-order valence-electron chi connectivity index (χ0n) is 17.6. The van der Waals surface area contributed by atoms with Gasteiger partial charge in [0.2, 0.25) is 11.7 Å². The Labute approximate surface area is 165 Å². The molecule has 7 heteroatoms. The first-order chi connectivity index (χ1) is 12.9. The Morgan fingerprint density at radius 3 is 2.18 bits per heavy atom. The van der Waals surface area contributed by atoms with Crippen molar-refractivity contribution in [3.05, 3.63) is 47.7 Å². The first-order valence-corrected chi connectivity index (χ1v) is 9.35. The van der Waals surface area contributed by atoms with Crippen LogP contribution in [0.5, 0.6) is 0 Å². The van der Waals surface area contributed by atoms with E-state index in [1.54, 1.807) is 20.8 Å². The molecule has 0 unspecified atom stereocenters. The Morgan fingerprint density at radius 1 is 1.04 bits per heavy atom. The summed E-state index contributed by atoms with van der Waals surface area (Å²) in [5.41, 5.74) is -0.227. The average molecular weight is 387 g/mol. The summed E-state index contributed by atoms with van der Waals surface area (Å²) < 4.78 is 11.0. The SMILES string of the molecule is CC(C)[C@H](NC(=O)OC(C)(C)C)C(=O)c1nnc(C(C)(C)c2ccccc2)o1. The van der Waals surface area contributed by atoms with E-state index in [9.17, 15) is 9.59 Å². The highest BCUT2D eigenvalue weighted by molar-refractivity contribution is 5.98. The number of benzene rings is 1. The molecule has 0 aliphatic carbocycles. The number of ketones is 1. The van der Waals surface area contributed by atoms with Gasteiger partial charge in [-0.05, 0) is 46.1 Å². The van der Waals surface area contributed by atoms with Gasteiger partial charge in [0.25, 0.3) is 5.89 Å². The second-order valence-corrected chi connectivity index (χ2v) is 8.64. The maximum absolute atomic E-state index is 12.9. The predicted molar refractivity (Wildman–Crippen MR) is 105 cm³/mol. The van der Waals surface area contributed by atoms with Crippen molar-refractivity contribution in [3.63, 3.8) is 0 Å². The Bertz CT molecular complexity index is 820. The van der Waals surface area contributed by atoms with Gasteiger partial charge in [-0.1, -0.05) is 44.2 Å². The van der Waals surface area contributed by atoms with E-state index < -0.39 is 28.9 Å². The average Bonchev–Trinajstić information content (AvgIpc) is 3.09. The molecule has 2 aromatic rings. The van der Waals surface area contributed by atoms with Gasteiger partial charge in [0.1, 0.15) is 11.6 Å². The molecule has 0 aliphatic rings. The molecule has 1 heterocycles. The van der Waals surface area contributed by atoms with Gasteiger partial charge in [0, 0.05) is 0 Å². The molecule has 7 nitrogen and oxygen atoms in total. The fourth-order valence-electron chi connectivity index (χ4n) is 2.66. The molecule has 0 radical (unpaired) electrons. The highest BCUT2D eigenvalue weighted by Crippen LogP contribution is 2.30. The zero-order chi connectivity index (χ0) is 21.1. The first kappa shape index (κ1) is 21.6. The molecule has 0 saturated carbocycles. The summed E-state index contributed by atoms with van der Waals surface area (Å²) in [5.74, 6) is -0.420. The number of rotatable bonds is 6. The summed E-state index contributed by atoms with van der Waals surface area (Å²) in [6, 6.07) is 8.89. The van der Waals surface area contributed by atoms with Crippen LogP contribution in [0, 0.1) is 5.92 Å². The Kier molecular flexibility index (Phi) is 6.27. The van der Waals surface area contributed by atoms with Gasteiger partial charge >= 0.3 is 6.09 Å². The monoisotopic (exact) mass is 387 g/mol. The van der Waals surface area contributed by atoms with Gasteiger partial charge < -0.3 is 14.5 Å². The lowest BCUT2D eigenvalue weighted by Crippen LogP contribution is -2.46. The number of hydrogen-bond acceptors (Lipinski definition) is 6. The minimum atomic E-state index is -0.831. The van der Waals surface area contributed by atoms with Gasteiger partial charge in [-0.15, -0.1) is 10.2 Å². The quantitative estimate of drug-likeness (QED) is 0.749. The third-order valence-corrected chi connectivity index (χ3v) is 4.29. The number of hydrogen-bond donors (Lipinski definition) is 1. The molecule has 0 saturated heterocycles. The van der Waals surface area contributed by atoms with Gasteiger partial charge in [-0.25, -0.2) is 4.79 Å². The number of amides is 1. The van der Waals surface area contributed by atoms with Crippen molar-refractivity contribution in [2.45, 2.75) is 65.5 Å². The number of alkyl carbamates (subject to hydrolysis) is 1. The molecule has 1 atom stereocenters. The van der Waals surface area contributed by atoms with E-state index >= 15 is 0 Å². The second kappa shape index (κ2) is 8.12. The summed E-state index contributed by atoms with van der Waals surface area (Å²) in [6.45, 7) is 12.8. The van der Waals surface area contributed by atoms with E-state index in [0.717, 1.165) is 5.56 Å². The highest BCUT2D eigenvalue weighted by atomic mass is 16.6. The Hall–Kier alpha value is -2.70. The molecule has 1 aromatic carbocycles. The molecule has 2 rings (SSSR count). The van der Waals surface area contributed by atoms with Crippen LogP contribution >= 0.6 is 0 Å². The zero-order valence-corrected chi connectivity index (χ0v) is 17.6. The highest BCUT2D eigenvalue weighted by Gasteiger charge is 2.34. The molecule has 1 aromatic heterocycles. The molecule has 28 heavy (non-hydrogen) atoms. The summed E-state index contributed by atoms with van der Waals surface area (Å²) in [6.07, 6.45) is -0.663. The van der Waals surface area contributed by atoms with Crippen LogP contribution in [0.25, 0.3) is 0 Å². The van der Waals surface area contributed by atoms with E-state index in [1.807, 2.05) is 58.0 Å². The van der Waals surface area contributed by atoms with Crippen LogP contribution in [0.4, 0.5) is 4.79 Å². The summed E-state index contributed by atoms with van der Waals surface area (Å²) in [7, 11) is 0. The molecular weight excluding hydrogens is 358 g/mol. The van der Waals surface area contributed by atoms with Crippen LogP contribution in [0.1, 0.15) is 70.6 Å². The topological polar surface area (TPSA) is 94.3 Å². The molecule has 0 aliphatic heterocycles. The fourth-order valence-corrected chi connectivity index (χ4v) is 2.66. The van der Waals surface area contributed by atoms with E-state index in [-0.39, 0.29) is 11.8 Å². The number of nitrogens with one attached hydrogen (secondary N) is 1. The number of nitrogens with zero attached hydrogens (tertiary/aromatic N) is 2. The maximum Gasteiger partial charge on any atom is 0.408 e. The molecule has 152 valence electrons. The normalized spacial score (nSPS) is 13.3. The summed E-state index contributed by atoms with van der Waals surface area (Å²) in [4.78, 5) is 25.0. The number of carbonyl (C=O) groups excluding carboxylic acids is 2. The Morgan fingerprint density at radius 2 is 1.64 bits per heavy atom. The van der Waals surface area contributed by atoms with E-state index in [0.29, 0.717) is 5.89 Å². The van der Waals surface area contributed by atoms with Crippen LogP contribution in [0.15, 0.2) is 34.7 Å². The first-order valence-electron chi connectivity index (χ1n) is 9.35. The molecule has 0 spiro atoms. The lowest BCUT2D eigenvalue weighted by atomic mass is 9.85. The largest absolute Gasteiger partial charge is 0.444 e.